The molecular formula is C17H14N2O4. The van der Waals surface area contributed by atoms with Gasteiger partial charge in [-0.1, -0.05) is 18.2 Å². The van der Waals surface area contributed by atoms with Gasteiger partial charge in [-0.2, -0.15) is 0 Å². The topological polar surface area (TPSA) is 76.6 Å². The van der Waals surface area contributed by atoms with Gasteiger partial charge in [-0.15, -0.1) is 0 Å². The lowest BCUT2D eigenvalue weighted by atomic mass is 9.97. The average Bonchev–Trinajstić information content (AvgIpc) is 2.75. The van der Waals surface area contributed by atoms with Crippen molar-refractivity contribution in [2.75, 3.05) is 4.90 Å². The van der Waals surface area contributed by atoms with Crippen molar-refractivity contribution in [3.63, 3.8) is 0 Å². The van der Waals surface area contributed by atoms with Crippen LogP contribution in [0.5, 0.6) is 0 Å². The Balaban J connectivity index is 2.17. The van der Waals surface area contributed by atoms with E-state index < -0.39 is 17.5 Å². The van der Waals surface area contributed by atoms with Crippen molar-refractivity contribution < 1.29 is 19.1 Å². The van der Waals surface area contributed by atoms with Gasteiger partial charge in [-0.25, -0.2) is 0 Å². The zero-order chi connectivity index (χ0) is 16.6. The van der Waals surface area contributed by atoms with E-state index >= 15 is 0 Å². The number of hydrogen-bond donors (Lipinski definition) is 0. The summed E-state index contributed by atoms with van der Waals surface area (Å²) in [6.45, 7) is 2.82. The number of anilines is 2. The molecule has 1 aromatic carbocycles. The van der Waals surface area contributed by atoms with E-state index in [9.17, 15) is 14.4 Å². The lowest BCUT2D eigenvalue weighted by Gasteiger charge is -2.24. The number of amides is 1. The van der Waals surface area contributed by atoms with Crippen LogP contribution in [-0.2, 0) is 19.9 Å². The van der Waals surface area contributed by atoms with Crippen molar-refractivity contribution in [3.8, 4) is 0 Å². The SMILES string of the molecule is CC(=O)OC1(C)C(=O)N(c2cncc(C=O)c2)c2ccccc21. The van der Waals surface area contributed by atoms with Crippen LogP contribution in [-0.4, -0.2) is 23.1 Å². The Labute approximate surface area is 132 Å². The van der Waals surface area contributed by atoms with Gasteiger partial charge in [0, 0.05) is 24.2 Å². The molecule has 0 saturated carbocycles. The first-order valence-corrected chi connectivity index (χ1v) is 7.01. The maximum absolute atomic E-state index is 13.0. The molecule has 3 rings (SSSR count). The van der Waals surface area contributed by atoms with Gasteiger partial charge in [-0.3, -0.25) is 24.3 Å². The van der Waals surface area contributed by atoms with Gasteiger partial charge < -0.3 is 4.74 Å². The number of benzene rings is 1. The molecular weight excluding hydrogens is 296 g/mol. The lowest BCUT2D eigenvalue weighted by Crippen LogP contribution is -2.39. The summed E-state index contributed by atoms with van der Waals surface area (Å²) in [6, 6.07) is 8.63. The minimum Gasteiger partial charge on any atom is -0.444 e. The smallest absolute Gasteiger partial charge is 0.304 e. The number of rotatable bonds is 3. The highest BCUT2D eigenvalue weighted by atomic mass is 16.6. The minimum atomic E-state index is -1.40. The van der Waals surface area contributed by atoms with E-state index in [1.807, 2.05) is 0 Å². The van der Waals surface area contributed by atoms with Crippen LogP contribution in [0.3, 0.4) is 0 Å². The number of para-hydroxylation sites is 1. The summed E-state index contributed by atoms with van der Waals surface area (Å²) in [5.74, 6) is -0.948. The summed E-state index contributed by atoms with van der Waals surface area (Å²) in [7, 11) is 0. The minimum absolute atomic E-state index is 0.355. The summed E-state index contributed by atoms with van der Waals surface area (Å²) in [5.41, 5.74) is 0.596. The number of pyridine rings is 1. The number of esters is 1. The Morgan fingerprint density at radius 2 is 2.04 bits per heavy atom. The Bertz CT molecular complexity index is 818. The highest BCUT2D eigenvalue weighted by molar-refractivity contribution is 6.12. The molecule has 116 valence electrons. The van der Waals surface area contributed by atoms with E-state index in [0.29, 0.717) is 28.8 Å². The molecule has 2 heterocycles. The van der Waals surface area contributed by atoms with Crippen LogP contribution in [0.1, 0.15) is 29.8 Å². The maximum Gasteiger partial charge on any atom is 0.304 e. The molecule has 0 bridgehead atoms. The summed E-state index contributed by atoms with van der Waals surface area (Å²) in [4.78, 5) is 40.8. The van der Waals surface area contributed by atoms with E-state index in [0.717, 1.165) is 0 Å². The van der Waals surface area contributed by atoms with E-state index in [1.54, 1.807) is 37.3 Å². The number of aldehydes is 1. The molecule has 0 fully saturated rings. The van der Waals surface area contributed by atoms with Gasteiger partial charge >= 0.3 is 5.97 Å². The van der Waals surface area contributed by atoms with Crippen LogP contribution < -0.4 is 4.90 Å². The number of carbonyl (C=O) groups is 3. The van der Waals surface area contributed by atoms with Gasteiger partial charge in [0.1, 0.15) is 0 Å². The number of ether oxygens (including phenoxy) is 1. The Morgan fingerprint density at radius 3 is 2.74 bits per heavy atom. The molecule has 1 amide bonds. The molecule has 2 aromatic rings. The van der Waals surface area contributed by atoms with Gasteiger partial charge in [0.2, 0.25) is 5.60 Å². The number of nitrogens with zero attached hydrogens (tertiary/aromatic N) is 2. The van der Waals surface area contributed by atoms with E-state index in [-0.39, 0.29) is 0 Å². The fourth-order valence-electron chi connectivity index (χ4n) is 2.78. The first kappa shape index (κ1) is 14.9. The predicted octanol–water partition coefficient (Wildman–Crippen LogP) is 2.35. The number of aromatic nitrogens is 1. The number of fused-ring (bicyclic) bond motifs is 1. The highest BCUT2D eigenvalue weighted by Gasteiger charge is 2.50. The van der Waals surface area contributed by atoms with Crippen LogP contribution in [0.4, 0.5) is 11.4 Å². The van der Waals surface area contributed by atoms with Crippen molar-refractivity contribution >= 4 is 29.5 Å². The van der Waals surface area contributed by atoms with Gasteiger partial charge in [0.15, 0.2) is 6.29 Å². The monoisotopic (exact) mass is 310 g/mol. The Hall–Kier alpha value is -3.02. The average molecular weight is 310 g/mol. The molecule has 0 aliphatic carbocycles. The molecule has 1 aliphatic heterocycles. The van der Waals surface area contributed by atoms with Crippen LogP contribution in [0.15, 0.2) is 42.7 Å². The van der Waals surface area contributed by atoms with E-state index in [4.69, 9.17) is 4.74 Å². The number of carbonyl (C=O) groups excluding carboxylic acids is 3. The zero-order valence-corrected chi connectivity index (χ0v) is 12.6. The third kappa shape index (κ3) is 2.28. The first-order chi connectivity index (χ1) is 11.0. The molecule has 0 N–H and O–H groups in total. The van der Waals surface area contributed by atoms with Crippen molar-refractivity contribution in [1.82, 2.24) is 4.98 Å². The highest BCUT2D eigenvalue weighted by Crippen LogP contribution is 2.45. The fraction of sp³-hybridized carbons (Fsp3) is 0.176. The fourth-order valence-corrected chi connectivity index (χ4v) is 2.78. The van der Waals surface area contributed by atoms with Crippen molar-refractivity contribution in [2.45, 2.75) is 19.4 Å². The molecule has 1 atom stereocenters. The molecule has 23 heavy (non-hydrogen) atoms. The Morgan fingerprint density at radius 1 is 1.30 bits per heavy atom. The molecule has 6 heteroatoms. The maximum atomic E-state index is 13.0. The number of hydrogen-bond acceptors (Lipinski definition) is 5. The molecule has 6 nitrogen and oxygen atoms in total. The van der Waals surface area contributed by atoms with Crippen LogP contribution in [0, 0.1) is 0 Å². The summed E-state index contributed by atoms with van der Waals surface area (Å²) >= 11 is 0. The van der Waals surface area contributed by atoms with Gasteiger partial charge in [0.25, 0.3) is 5.91 Å². The Kier molecular flexibility index (Phi) is 3.44. The quantitative estimate of drug-likeness (QED) is 0.642. The summed E-state index contributed by atoms with van der Waals surface area (Å²) < 4.78 is 5.33. The largest absolute Gasteiger partial charge is 0.444 e. The molecule has 1 aliphatic rings. The normalized spacial score (nSPS) is 19.4. The van der Waals surface area contributed by atoms with Gasteiger partial charge in [-0.05, 0) is 19.1 Å². The summed E-state index contributed by atoms with van der Waals surface area (Å²) in [5, 5.41) is 0. The molecule has 0 saturated heterocycles. The van der Waals surface area contributed by atoms with Crippen molar-refractivity contribution in [2.24, 2.45) is 0 Å². The lowest BCUT2D eigenvalue weighted by molar-refractivity contribution is -0.163. The predicted molar refractivity (Wildman–Crippen MR) is 82.3 cm³/mol. The molecule has 0 spiro atoms. The van der Waals surface area contributed by atoms with Crippen molar-refractivity contribution in [1.29, 1.82) is 0 Å². The molecule has 0 radical (unpaired) electrons. The van der Waals surface area contributed by atoms with Crippen LogP contribution >= 0.6 is 0 Å². The molecule has 1 unspecified atom stereocenters. The van der Waals surface area contributed by atoms with Crippen LogP contribution in [0.2, 0.25) is 0 Å². The van der Waals surface area contributed by atoms with Crippen LogP contribution in [0.25, 0.3) is 0 Å². The third-order valence-electron chi connectivity index (χ3n) is 3.76. The standard InChI is InChI=1S/C17H14N2O4/c1-11(21)23-17(2)14-5-3-4-6-15(14)19(16(17)22)13-7-12(10-20)8-18-9-13/h3-10H,1-2H3. The second kappa shape index (κ2) is 5.31. The summed E-state index contributed by atoms with van der Waals surface area (Å²) in [6.07, 6.45) is 3.56. The third-order valence-corrected chi connectivity index (χ3v) is 3.76. The zero-order valence-electron chi connectivity index (χ0n) is 12.6. The van der Waals surface area contributed by atoms with Gasteiger partial charge in [0.05, 0.1) is 17.6 Å². The van der Waals surface area contributed by atoms with E-state index in [2.05, 4.69) is 4.98 Å². The molecule has 1 aromatic heterocycles. The van der Waals surface area contributed by atoms with Crippen molar-refractivity contribution in [3.05, 3.63) is 53.9 Å². The van der Waals surface area contributed by atoms with E-state index in [1.165, 1.54) is 24.2 Å². The second-order valence-corrected chi connectivity index (χ2v) is 5.38. The first-order valence-electron chi connectivity index (χ1n) is 7.01. The second-order valence-electron chi connectivity index (χ2n) is 5.38.